The molecule has 1 aliphatic rings. The van der Waals surface area contributed by atoms with E-state index in [0.29, 0.717) is 11.5 Å². The van der Waals surface area contributed by atoms with Crippen molar-refractivity contribution in [1.29, 1.82) is 5.26 Å². The molecular weight excluding hydrogens is 337 g/mol. The van der Waals surface area contributed by atoms with Gasteiger partial charge in [-0.25, -0.2) is 0 Å². The molecule has 0 saturated heterocycles. The summed E-state index contributed by atoms with van der Waals surface area (Å²) in [6.07, 6.45) is -0.000162. The summed E-state index contributed by atoms with van der Waals surface area (Å²) in [7, 11) is 0. The van der Waals surface area contributed by atoms with Crippen molar-refractivity contribution in [3.8, 4) is 6.07 Å². The molecule has 0 unspecified atom stereocenters. The van der Waals surface area contributed by atoms with Crippen LogP contribution in [-0.2, 0) is 6.18 Å². The molecule has 2 nitrogen and oxygen atoms in total. The van der Waals surface area contributed by atoms with Crippen molar-refractivity contribution in [3.05, 3.63) is 71.3 Å². The summed E-state index contributed by atoms with van der Waals surface area (Å²) in [6.45, 7) is 0. The highest BCUT2D eigenvalue weighted by Crippen LogP contribution is 2.38. The first-order valence-corrected chi connectivity index (χ1v) is 8.69. The van der Waals surface area contributed by atoms with Crippen molar-refractivity contribution in [3.63, 3.8) is 0 Å². The lowest BCUT2D eigenvalue weighted by Crippen LogP contribution is -2.11. The Kier molecular flexibility index (Phi) is 5.41. The number of hydrogen-bond acceptors (Lipinski definition) is 2. The van der Waals surface area contributed by atoms with Crippen LogP contribution in [0.15, 0.2) is 59.6 Å². The van der Waals surface area contributed by atoms with Gasteiger partial charge in [0.25, 0.3) is 0 Å². The van der Waals surface area contributed by atoms with Gasteiger partial charge in [0.2, 0.25) is 0 Å². The lowest BCUT2D eigenvalue weighted by Gasteiger charge is -2.20. The molecule has 2 aromatic carbocycles. The van der Waals surface area contributed by atoms with Crippen LogP contribution < -0.4 is 0 Å². The fraction of sp³-hybridized carbons (Fsp3) is 0.333. The zero-order valence-corrected chi connectivity index (χ0v) is 14.2. The van der Waals surface area contributed by atoms with Crippen molar-refractivity contribution in [2.75, 3.05) is 0 Å². The summed E-state index contributed by atoms with van der Waals surface area (Å²) >= 11 is 0. The van der Waals surface area contributed by atoms with E-state index in [1.165, 1.54) is 12.1 Å². The van der Waals surface area contributed by atoms with Crippen LogP contribution in [0.4, 0.5) is 13.2 Å². The minimum Gasteiger partial charge on any atom is -0.265 e. The van der Waals surface area contributed by atoms with Crippen LogP contribution in [0.3, 0.4) is 0 Å². The van der Waals surface area contributed by atoms with E-state index >= 15 is 0 Å². The summed E-state index contributed by atoms with van der Waals surface area (Å²) in [5.74, 6) is 0.357. The second-order valence-corrected chi connectivity index (χ2v) is 6.56. The zero-order chi connectivity index (χ0) is 18.6. The SMILES string of the molecule is N#CC(=N[C@@H](c1ccccc1)C1CCCC1)c1ccc(C(F)(F)F)cc1. The highest BCUT2D eigenvalue weighted by atomic mass is 19.4. The van der Waals surface area contributed by atoms with Crippen molar-refractivity contribution < 1.29 is 13.2 Å². The van der Waals surface area contributed by atoms with Crippen molar-refractivity contribution in [2.24, 2.45) is 10.9 Å². The number of alkyl halides is 3. The minimum atomic E-state index is -4.39. The molecule has 2 aromatic rings. The number of halogens is 3. The van der Waals surface area contributed by atoms with Gasteiger partial charge in [0.15, 0.2) is 0 Å². The zero-order valence-electron chi connectivity index (χ0n) is 14.2. The number of benzene rings is 2. The quantitative estimate of drug-likeness (QED) is 0.624. The first-order chi connectivity index (χ1) is 12.5. The third-order valence-corrected chi connectivity index (χ3v) is 4.85. The lowest BCUT2D eigenvalue weighted by molar-refractivity contribution is -0.137. The Morgan fingerprint density at radius 2 is 1.62 bits per heavy atom. The highest BCUT2D eigenvalue weighted by Gasteiger charge is 2.30. The standard InChI is InChI=1S/C21H19F3N2/c22-21(23,24)18-12-10-15(11-13-18)19(14-25)26-20(17-8-4-5-9-17)16-6-2-1-3-7-16/h1-3,6-7,10-13,17,20H,4-5,8-9H2/t20-/m0/s1. The fourth-order valence-electron chi connectivity index (χ4n) is 3.50. The lowest BCUT2D eigenvalue weighted by atomic mass is 9.91. The smallest absolute Gasteiger partial charge is 0.265 e. The van der Waals surface area contributed by atoms with Crippen molar-refractivity contribution >= 4 is 5.71 Å². The number of nitriles is 1. The van der Waals surface area contributed by atoms with Gasteiger partial charge in [-0.15, -0.1) is 0 Å². The van der Waals surface area contributed by atoms with E-state index in [-0.39, 0.29) is 11.8 Å². The topological polar surface area (TPSA) is 36.1 Å². The van der Waals surface area contributed by atoms with E-state index in [1.807, 2.05) is 30.3 Å². The molecule has 1 saturated carbocycles. The molecule has 1 atom stereocenters. The van der Waals surface area contributed by atoms with Gasteiger partial charge < -0.3 is 0 Å². The Bertz CT molecular complexity index is 796. The predicted octanol–water partition coefficient (Wildman–Crippen LogP) is 5.95. The molecule has 0 radical (unpaired) electrons. The maximum Gasteiger partial charge on any atom is 0.416 e. The maximum atomic E-state index is 12.7. The number of aliphatic imine (C=N–C) groups is 1. The van der Waals surface area contributed by atoms with Crippen LogP contribution in [0.5, 0.6) is 0 Å². The third kappa shape index (κ3) is 4.13. The van der Waals surface area contributed by atoms with Crippen LogP contribution in [-0.4, -0.2) is 5.71 Å². The molecule has 5 heteroatoms. The Hall–Kier alpha value is -2.61. The summed E-state index contributed by atoms with van der Waals surface area (Å²) in [6, 6.07) is 16.4. The molecule has 0 aliphatic heterocycles. The predicted molar refractivity (Wildman–Crippen MR) is 94.7 cm³/mol. The molecule has 1 fully saturated rings. The molecule has 26 heavy (non-hydrogen) atoms. The molecule has 0 heterocycles. The first kappa shape index (κ1) is 18.2. The van der Waals surface area contributed by atoms with Crippen LogP contribution in [0.2, 0.25) is 0 Å². The van der Waals surface area contributed by atoms with Gasteiger partial charge in [-0.1, -0.05) is 55.3 Å². The van der Waals surface area contributed by atoms with Crippen LogP contribution in [0, 0.1) is 17.2 Å². The summed E-state index contributed by atoms with van der Waals surface area (Å²) in [4.78, 5) is 4.68. The summed E-state index contributed by atoms with van der Waals surface area (Å²) < 4.78 is 38.2. The van der Waals surface area contributed by atoms with Gasteiger partial charge in [-0.3, -0.25) is 4.99 Å². The Balaban J connectivity index is 1.95. The Labute approximate surface area is 151 Å². The molecule has 0 spiro atoms. The average molecular weight is 356 g/mol. The fourth-order valence-corrected chi connectivity index (χ4v) is 3.50. The number of rotatable bonds is 4. The van der Waals surface area contributed by atoms with E-state index in [2.05, 4.69) is 11.1 Å². The van der Waals surface area contributed by atoms with E-state index < -0.39 is 11.7 Å². The van der Waals surface area contributed by atoms with Gasteiger partial charge in [-0.05, 0) is 36.5 Å². The molecule has 3 rings (SSSR count). The summed E-state index contributed by atoms with van der Waals surface area (Å²) in [5, 5.41) is 9.54. The molecule has 0 N–H and O–H groups in total. The van der Waals surface area contributed by atoms with Crippen molar-refractivity contribution in [2.45, 2.75) is 37.9 Å². The molecule has 134 valence electrons. The van der Waals surface area contributed by atoms with Gasteiger partial charge in [0.1, 0.15) is 11.8 Å². The van der Waals surface area contributed by atoms with E-state index in [1.54, 1.807) is 0 Å². The van der Waals surface area contributed by atoms with Crippen LogP contribution in [0.1, 0.15) is 48.4 Å². The highest BCUT2D eigenvalue weighted by molar-refractivity contribution is 6.11. The monoisotopic (exact) mass is 356 g/mol. The second kappa shape index (κ2) is 7.74. The van der Waals surface area contributed by atoms with Gasteiger partial charge >= 0.3 is 6.18 Å². The third-order valence-electron chi connectivity index (χ3n) is 4.85. The molecule has 1 aliphatic carbocycles. The van der Waals surface area contributed by atoms with Gasteiger partial charge in [0, 0.05) is 5.56 Å². The molecule has 0 amide bonds. The van der Waals surface area contributed by atoms with E-state index in [9.17, 15) is 18.4 Å². The van der Waals surface area contributed by atoms with Gasteiger partial charge in [0.05, 0.1) is 11.6 Å². The molecular formula is C21H19F3N2. The van der Waals surface area contributed by atoms with Gasteiger partial charge in [-0.2, -0.15) is 18.4 Å². The first-order valence-electron chi connectivity index (χ1n) is 8.69. The number of nitrogens with zero attached hydrogens (tertiary/aromatic N) is 2. The van der Waals surface area contributed by atoms with Crippen molar-refractivity contribution in [1.82, 2.24) is 0 Å². The largest absolute Gasteiger partial charge is 0.416 e. The van der Waals surface area contributed by atoms with Crippen LogP contribution in [0.25, 0.3) is 0 Å². The van der Waals surface area contributed by atoms with E-state index in [4.69, 9.17) is 0 Å². The normalized spacial score (nSPS) is 17.1. The van der Waals surface area contributed by atoms with Crippen LogP contribution >= 0.6 is 0 Å². The number of hydrogen-bond donors (Lipinski definition) is 0. The Morgan fingerprint density at radius 3 is 2.15 bits per heavy atom. The Morgan fingerprint density at radius 1 is 1.00 bits per heavy atom. The maximum absolute atomic E-state index is 12.7. The summed E-state index contributed by atoms with van der Waals surface area (Å²) in [5.41, 5.74) is 0.909. The molecule has 0 aromatic heterocycles. The average Bonchev–Trinajstić information content (AvgIpc) is 3.17. The van der Waals surface area contributed by atoms with E-state index in [0.717, 1.165) is 43.4 Å². The second-order valence-electron chi connectivity index (χ2n) is 6.56. The molecule has 0 bridgehead atoms. The minimum absolute atomic E-state index is 0.143.